The molecular weight excluding hydrogens is 444 g/mol. The van der Waals surface area contributed by atoms with Crippen LogP contribution in [0, 0.1) is 17.8 Å². The lowest BCUT2D eigenvalue weighted by molar-refractivity contribution is -0.125. The molecule has 1 aromatic rings. The molecular formula is C24H36N2O6S. The van der Waals surface area contributed by atoms with Crippen molar-refractivity contribution >= 4 is 21.9 Å². The molecule has 0 bridgehead atoms. The van der Waals surface area contributed by atoms with Gasteiger partial charge in [0.1, 0.15) is 10.6 Å². The van der Waals surface area contributed by atoms with Gasteiger partial charge in [0.15, 0.2) is 6.61 Å². The molecule has 2 fully saturated rings. The molecule has 1 amide bonds. The number of carbonyl (C=O) groups excluding carboxylic acids is 2. The van der Waals surface area contributed by atoms with Crippen molar-refractivity contribution < 1.29 is 27.5 Å². The van der Waals surface area contributed by atoms with Gasteiger partial charge in [-0.25, -0.2) is 13.2 Å². The van der Waals surface area contributed by atoms with Gasteiger partial charge in [0.2, 0.25) is 10.0 Å². The zero-order valence-electron chi connectivity index (χ0n) is 20.0. The van der Waals surface area contributed by atoms with Crippen LogP contribution in [0.25, 0.3) is 0 Å². The second-order valence-corrected chi connectivity index (χ2v) is 11.6. The zero-order valence-corrected chi connectivity index (χ0v) is 20.8. The van der Waals surface area contributed by atoms with Crippen molar-refractivity contribution in [2.75, 3.05) is 26.8 Å². The van der Waals surface area contributed by atoms with Crippen molar-refractivity contribution in [2.24, 2.45) is 17.8 Å². The minimum atomic E-state index is -3.86. The smallest absolute Gasteiger partial charge is 0.338 e. The number of carbonyl (C=O) groups is 2. The van der Waals surface area contributed by atoms with Crippen LogP contribution in [-0.2, 0) is 19.6 Å². The van der Waals surface area contributed by atoms with E-state index >= 15 is 0 Å². The Labute approximate surface area is 197 Å². The van der Waals surface area contributed by atoms with Gasteiger partial charge in [-0.2, -0.15) is 4.31 Å². The number of piperidine rings is 1. The minimum Gasteiger partial charge on any atom is -0.495 e. The zero-order chi connectivity index (χ0) is 24.2. The van der Waals surface area contributed by atoms with E-state index in [1.165, 1.54) is 36.0 Å². The Hall–Kier alpha value is -2.13. The third-order valence-electron chi connectivity index (χ3n) is 6.64. The molecule has 1 aliphatic heterocycles. The normalized spacial score (nSPS) is 26.4. The molecule has 33 heavy (non-hydrogen) atoms. The molecule has 0 aromatic heterocycles. The molecule has 0 spiro atoms. The van der Waals surface area contributed by atoms with E-state index in [2.05, 4.69) is 12.2 Å². The van der Waals surface area contributed by atoms with Crippen LogP contribution in [0.4, 0.5) is 0 Å². The maximum atomic E-state index is 13.4. The quantitative estimate of drug-likeness (QED) is 0.601. The first kappa shape index (κ1) is 25.5. The molecule has 3 rings (SSSR count). The first-order valence-corrected chi connectivity index (χ1v) is 13.2. The predicted molar refractivity (Wildman–Crippen MR) is 125 cm³/mol. The third-order valence-corrected chi connectivity index (χ3v) is 8.50. The highest BCUT2D eigenvalue weighted by Gasteiger charge is 2.34. The van der Waals surface area contributed by atoms with Crippen LogP contribution in [0.2, 0.25) is 0 Å². The van der Waals surface area contributed by atoms with Crippen LogP contribution in [-0.4, -0.2) is 57.4 Å². The van der Waals surface area contributed by atoms with Gasteiger partial charge in [0.05, 0.1) is 12.7 Å². The molecule has 1 N–H and O–H groups in total. The fourth-order valence-corrected chi connectivity index (χ4v) is 6.80. The van der Waals surface area contributed by atoms with Gasteiger partial charge in [-0.05, 0) is 55.2 Å². The molecule has 184 valence electrons. The number of hydrogen-bond donors (Lipinski definition) is 1. The molecule has 1 heterocycles. The lowest BCUT2D eigenvalue weighted by Gasteiger charge is -2.34. The van der Waals surface area contributed by atoms with E-state index in [4.69, 9.17) is 9.47 Å². The van der Waals surface area contributed by atoms with Crippen LogP contribution in [0.1, 0.15) is 63.2 Å². The van der Waals surface area contributed by atoms with Crippen LogP contribution < -0.4 is 10.1 Å². The van der Waals surface area contributed by atoms with Crippen molar-refractivity contribution in [3.8, 4) is 5.75 Å². The summed E-state index contributed by atoms with van der Waals surface area (Å²) in [6.07, 6.45) is 5.21. The van der Waals surface area contributed by atoms with Gasteiger partial charge >= 0.3 is 5.97 Å². The number of nitrogens with zero attached hydrogens (tertiary/aromatic N) is 1. The summed E-state index contributed by atoms with van der Waals surface area (Å²) in [5, 5.41) is 2.94. The highest BCUT2D eigenvalue weighted by molar-refractivity contribution is 7.89. The maximum absolute atomic E-state index is 13.4. The summed E-state index contributed by atoms with van der Waals surface area (Å²) >= 11 is 0. The summed E-state index contributed by atoms with van der Waals surface area (Å²) < 4.78 is 38.7. The van der Waals surface area contributed by atoms with Crippen LogP contribution in [0.5, 0.6) is 5.75 Å². The monoisotopic (exact) mass is 480 g/mol. The Balaban J connectivity index is 1.70. The van der Waals surface area contributed by atoms with Crippen molar-refractivity contribution in [3.63, 3.8) is 0 Å². The number of ether oxygens (including phenoxy) is 2. The molecule has 1 aliphatic carbocycles. The standard InChI is InChI=1S/C24H36N2O6S/c1-16-11-17(2)14-26(13-16)33(29,30)22-12-19(9-10-21(22)31-4)24(28)32-15-23(27)25-20-8-6-5-7-18(20)3/h9-10,12,16-18,20H,5-8,11,13-15H2,1-4H3,(H,25,27). The topological polar surface area (TPSA) is 102 Å². The van der Waals surface area contributed by atoms with E-state index in [1.807, 2.05) is 13.8 Å². The summed E-state index contributed by atoms with van der Waals surface area (Å²) in [6, 6.07) is 4.27. The second kappa shape index (κ2) is 10.9. The second-order valence-electron chi connectivity index (χ2n) is 9.65. The number of nitrogens with one attached hydrogen (secondary N) is 1. The van der Waals surface area contributed by atoms with Gasteiger partial charge in [-0.15, -0.1) is 0 Å². The largest absolute Gasteiger partial charge is 0.495 e. The summed E-state index contributed by atoms with van der Waals surface area (Å²) in [6.45, 7) is 6.61. The highest BCUT2D eigenvalue weighted by Crippen LogP contribution is 2.32. The van der Waals surface area contributed by atoms with Crippen LogP contribution >= 0.6 is 0 Å². The van der Waals surface area contributed by atoms with Gasteiger partial charge in [0.25, 0.3) is 5.91 Å². The molecule has 2 aliphatic rings. The summed E-state index contributed by atoms with van der Waals surface area (Å²) in [5.41, 5.74) is 0.0614. The van der Waals surface area contributed by atoms with Crippen molar-refractivity contribution in [1.82, 2.24) is 9.62 Å². The van der Waals surface area contributed by atoms with E-state index in [-0.39, 0.29) is 40.0 Å². The number of hydrogen-bond acceptors (Lipinski definition) is 6. The first-order chi connectivity index (χ1) is 15.6. The number of amides is 1. The fourth-order valence-electron chi connectivity index (χ4n) is 4.94. The Kier molecular flexibility index (Phi) is 8.39. The van der Waals surface area contributed by atoms with Crippen LogP contribution in [0.3, 0.4) is 0 Å². The number of benzene rings is 1. The fraction of sp³-hybridized carbons (Fsp3) is 0.667. The lowest BCUT2D eigenvalue weighted by atomic mass is 9.86. The van der Waals surface area contributed by atoms with Gasteiger partial charge in [-0.3, -0.25) is 4.79 Å². The van der Waals surface area contributed by atoms with Crippen molar-refractivity contribution in [3.05, 3.63) is 23.8 Å². The average molecular weight is 481 g/mol. The van der Waals surface area contributed by atoms with E-state index in [0.29, 0.717) is 19.0 Å². The van der Waals surface area contributed by atoms with E-state index in [9.17, 15) is 18.0 Å². The van der Waals surface area contributed by atoms with Crippen molar-refractivity contribution in [2.45, 2.75) is 63.8 Å². The molecule has 4 unspecified atom stereocenters. The Morgan fingerprint density at radius 3 is 2.39 bits per heavy atom. The van der Waals surface area contributed by atoms with Gasteiger partial charge < -0.3 is 14.8 Å². The number of sulfonamides is 1. The van der Waals surface area contributed by atoms with Gasteiger partial charge in [0, 0.05) is 19.1 Å². The van der Waals surface area contributed by atoms with Crippen molar-refractivity contribution in [1.29, 1.82) is 0 Å². The van der Waals surface area contributed by atoms with E-state index in [0.717, 1.165) is 25.7 Å². The number of methoxy groups -OCH3 is 1. The Morgan fingerprint density at radius 2 is 1.76 bits per heavy atom. The Bertz CT molecular complexity index is 954. The number of esters is 1. The molecule has 1 saturated heterocycles. The maximum Gasteiger partial charge on any atom is 0.338 e. The first-order valence-electron chi connectivity index (χ1n) is 11.8. The molecule has 1 aromatic carbocycles. The van der Waals surface area contributed by atoms with Crippen LogP contribution in [0.15, 0.2) is 23.1 Å². The summed E-state index contributed by atoms with van der Waals surface area (Å²) in [4.78, 5) is 24.8. The predicted octanol–water partition coefficient (Wildman–Crippen LogP) is 3.21. The number of rotatable bonds is 7. The molecule has 9 heteroatoms. The summed E-state index contributed by atoms with van der Waals surface area (Å²) in [5.74, 6) is -0.0448. The minimum absolute atomic E-state index is 0.0614. The lowest BCUT2D eigenvalue weighted by Crippen LogP contribution is -2.43. The molecule has 8 nitrogen and oxygen atoms in total. The highest BCUT2D eigenvalue weighted by atomic mass is 32.2. The molecule has 0 radical (unpaired) electrons. The van der Waals surface area contributed by atoms with Gasteiger partial charge in [-0.1, -0.05) is 33.6 Å². The third kappa shape index (κ3) is 6.26. The molecule has 4 atom stereocenters. The van der Waals surface area contributed by atoms with E-state index < -0.39 is 22.6 Å². The SMILES string of the molecule is COc1ccc(C(=O)OCC(=O)NC2CCCCC2C)cc1S(=O)(=O)N1CC(C)CC(C)C1. The van der Waals surface area contributed by atoms with E-state index in [1.54, 1.807) is 0 Å². The Morgan fingerprint density at radius 1 is 1.09 bits per heavy atom. The summed E-state index contributed by atoms with van der Waals surface area (Å²) in [7, 11) is -2.47. The molecule has 1 saturated carbocycles. The average Bonchev–Trinajstić information content (AvgIpc) is 2.78.